The average Bonchev–Trinajstić information content (AvgIpc) is 3.08. The summed E-state index contributed by atoms with van der Waals surface area (Å²) < 4.78 is 5.22. The SMILES string of the molecule is COc1cccc(C2=NC(=O)[C@H](CC(=O)Nc3cccc4ccccc34)S2)c1. The predicted molar refractivity (Wildman–Crippen MR) is 113 cm³/mol. The molecule has 140 valence electrons. The maximum Gasteiger partial charge on any atom is 0.260 e. The summed E-state index contributed by atoms with van der Waals surface area (Å²) in [6.07, 6.45) is 0.0731. The molecule has 0 fully saturated rings. The van der Waals surface area contributed by atoms with Gasteiger partial charge in [-0.15, -0.1) is 0 Å². The Balaban J connectivity index is 1.45. The Kier molecular flexibility index (Phi) is 5.12. The highest BCUT2D eigenvalue weighted by Gasteiger charge is 2.31. The molecule has 0 saturated heterocycles. The van der Waals surface area contributed by atoms with Crippen molar-refractivity contribution >= 4 is 45.1 Å². The van der Waals surface area contributed by atoms with Gasteiger partial charge in [-0.3, -0.25) is 9.59 Å². The quantitative estimate of drug-likeness (QED) is 0.707. The highest BCUT2D eigenvalue weighted by Crippen LogP contribution is 2.31. The Morgan fingerprint density at radius 1 is 1.11 bits per heavy atom. The number of hydrogen-bond donors (Lipinski definition) is 1. The van der Waals surface area contributed by atoms with Gasteiger partial charge in [0, 0.05) is 23.1 Å². The average molecular weight is 390 g/mol. The van der Waals surface area contributed by atoms with Crippen LogP contribution < -0.4 is 10.1 Å². The number of carbonyl (C=O) groups is 2. The monoisotopic (exact) mass is 390 g/mol. The van der Waals surface area contributed by atoms with E-state index in [1.165, 1.54) is 11.8 Å². The van der Waals surface area contributed by atoms with Crippen molar-refractivity contribution in [1.82, 2.24) is 0 Å². The molecule has 1 heterocycles. The van der Waals surface area contributed by atoms with E-state index in [2.05, 4.69) is 10.3 Å². The molecule has 1 aliphatic heterocycles. The number of aliphatic imine (C=N–C) groups is 1. The van der Waals surface area contributed by atoms with Crippen LogP contribution in [0.2, 0.25) is 0 Å². The molecule has 0 aliphatic carbocycles. The molecule has 0 unspecified atom stereocenters. The Morgan fingerprint density at radius 3 is 2.75 bits per heavy atom. The van der Waals surface area contributed by atoms with Gasteiger partial charge in [0.2, 0.25) is 5.91 Å². The zero-order valence-corrected chi connectivity index (χ0v) is 16.0. The van der Waals surface area contributed by atoms with Gasteiger partial charge in [0.1, 0.15) is 16.0 Å². The number of nitrogens with one attached hydrogen (secondary N) is 1. The van der Waals surface area contributed by atoms with Crippen LogP contribution in [-0.2, 0) is 9.59 Å². The number of methoxy groups -OCH3 is 1. The molecule has 3 aromatic carbocycles. The number of benzene rings is 3. The third-order valence-electron chi connectivity index (χ3n) is 4.49. The van der Waals surface area contributed by atoms with Crippen molar-refractivity contribution in [3.05, 3.63) is 72.3 Å². The molecular weight excluding hydrogens is 372 g/mol. The normalized spacial score (nSPS) is 16.1. The summed E-state index contributed by atoms with van der Waals surface area (Å²) >= 11 is 1.32. The molecule has 0 spiro atoms. The molecule has 3 aromatic rings. The van der Waals surface area contributed by atoms with Gasteiger partial charge < -0.3 is 10.1 Å². The number of thioether (sulfide) groups is 1. The molecular formula is C22H18N2O3S. The molecule has 1 N–H and O–H groups in total. The smallest absolute Gasteiger partial charge is 0.260 e. The second-order valence-electron chi connectivity index (χ2n) is 6.37. The van der Waals surface area contributed by atoms with Crippen molar-refractivity contribution in [2.45, 2.75) is 11.7 Å². The Bertz CT molecular complexity index is 1090. The molecule has 5 nitrogen and oxygen atoms in total. The van der Waals surface area contributed by atoms with Gasteiger partial charge in [0.15, 0.2) is 0 Å². The molecule has 28 heavy (non-hydrogen) atoms. The van der Waals surface area contributed by atoms with Gasteiger partial charge in [-0.2, -0.15) is 0 Å². The number of anilines is 1. The number of rotatable bonds is 5. The van der Waals surface area contributed by atoms with Crippen LogP contribution in [0.4, 0.5) is 5.69 Å². The Morgan fingerprint density at radius 2 is 1.89 bits per heavy atom. The first-order chi connectivity index (χ1) is 13.6. The first-order valence-corrected chi connectivity index (χ1v) is 9.73. The lowest BCUT2D eigenvalue weighted by Gasteiger charge is -2.11. The van der Waals surface area contributed by atoms with Crippen molar-refractivity contribution in [1.29, 1.82) is 0 Å². The van der Waals surface area contributed by atoms with Crippen LogP contribution in [0.1, 0.15) is 12.0 Å². The van der Waals surface area contributed by atoms with E-state index in [-0.39, 0.29) is 18.2 Å². The lowest BCUT2D eigenvalue weighted by atomic mass is 10.1. The van der Waals surface area contributed by atoms with Crippen LogP contribution in [0.15, 0.2) is 71.7 Å². The lowest BCUT2D eigenvalue weighted by Crippen LogP contribution is -2.21. The number of ether oxygens (including phenoxy) is 1. The van der Waals surface area contributed by atoms with Gasteiger partial charge in [-0.1, -0.05) is 60.3 Å². The number of hydrogen-bond acceptors (Lipinski definition) is 4. The highest BCUT2D eigenvalue weighted by atomic mass is 32.2. The molecule has 0 radical (unpaired) electrons. The van der Waals surface area contributed by atoms with E-state index < -0.39 is 5.25 Å². The predicted octanol–water partition coefficient (Wildman–Crippen LogP) is 4.27. The van der Waals surface area contributed by atoms with Crippen molar-refractivity contribution in [2.75, 3.05) is 12.4 Å². The summed E-state index contributed by atoms with van der Waals surface area (Å²) in [6, 6.07) is 21.0. The minimum atomic E-state index is -0.517. The Hall–Kier alpha value is -3.12. The van der Waals surface area contributed by atoms with Crippen LogP contribution in [0.3, 0.4) is 0 Å². The van der Waals surface area contributed by atoms with Gasteiger partial charge >= 0.3 is 0 Å². The molecule has 0 bridgehead atoms. The zero-order chi connectivity index (χ0) is 19.5. The van der Waals surface area contributed by atoms with Gasteiger partial charge in [-0.25, -0.2) is 4.99 Å². The van der Waals surface area contributed by atoms with E-state index in [1.807, 2.05) is 66.7 Å². The molecule has 0 saturated carbocycles. The molecule has 4 rings (SSSR count). The zero-order valence-electron chi connectivity index (χ0n) is 15.2. The van der Waals surface area contributed by atoms with E-state index in [1.54, 1.807) is 7.11 Å². The first kappa shape index (κ1) is 18.3. The maximum atomic E-state index is 12.6. The van der Waals surface area contributed by atoms with Gasteiger partial charge in [0.25, 0.3) is 5.91 Å². The summed E-state index contributed by atoms with van der Waals surface area (Å²) in [4.78, 5) is 29.0. The minimum Gasteiger partial charge on any atom is -0.497 e. The number of fused-ring (bicyclic) bond motifs is 1. The van der Waals surface area contributed by atoms with Crippen molar-refractivity contribution in [3.8, 4) is 5.75 Å². The molecule has 1 atom stereocenters. The molecule has 2 amide bonds. The first-order valence-electron chi connectivity index (χ1n) is 8.85. The van der Waals surface area contributed by atoms with E-state index in [0.29, 0.717) is 10.8 Å². The van der Waals surface area contributed by atoms with Crippen molar-refractivity contribution in [3.63, 3.8) is 0 Å². The molecule has 0 aromatic heterocycles. The third-order valence-corrected chi connectivity index (χ3v) is 5.70. The summed E-state index contributed by atoms with van der Waals surface area (Å²) in [5, 5.41) is 5.05. The second kappa shape index (κ2) is 7.86. The van der Waals surface area contributed by atoms with Crippen LogP contribution >= 0.6 is 11.8 Å². The van der Waals surface area contributed by atoms with Crippen LogP contribution in [0, 0.1) is 0 Å². The molecule has 6 heteroatoms. The van der Waals surface area contributed by atoms with E-state index in [0.717, 1.165) is 22.0 Å². The summed E-state index contributed by atoms with van der Waals surface area (Å²) in [6.45, 7) is 0. The summed E-state index contributed by atoms with van der Waals surface area (Å²) in [5.74, 6) is 0.214. The second-order valence-corrected chi connectivity index (χ2v) is 7.56. The number of carbonyl (C=O) groups excluding carboxylic acids is 2. The van der Waals surface area contributed by atoms with E-state index in [4.69, 9.17) is 4.74 Å². The fraction of sp³-hybridized carbons (Fsp3) is 0.136. The van der Waals surface area contributed by atoms with E-state index >= 15 is 0 Å². The third kappa shape index (κ3) is 3.77. The largest absolute Gasteiger partial charge is 0.497 e. The van der Waals surface area contributed by atoms with Crippen molar-refractivity contribution < 1.29 is 14.3 Å². The van der Waals surface area contributed by atoms with Gasteiger partial charge in [-0.05, 0) is 23.6 Å². The standard InChI is InChI=1S/C22H18N2O3S/c1-27-16-9-4-8-15(12-16)22-24-21(26)19(28-22)13-20(25)23-18-11-5-7-14-6-2-3-10-17(14)18/h2-12,19H,13H2,1H3,(H,23,25)/t19-/m0/s1. The number of amides is 2. The van der Waals surface area contributed by atoms with E-state index in [9.17, 15) is 9.59 Å². The number of nitrogens with zero attached hydrogens (tertiary/aromatic N) is 1. The van der Waals surface area contributed by atoms with Crippen LogP contribution in [0.5, 0.6) is 5.75 Å². The minimum absolute atomic E-state index is 0.0731. The van der Waals surface area contributed by atoms with Crippen molar-refractivity contribution in [2.24, 2.45) is 4.99 Å². The fourth-order valence-corrected chi connectivity index (χ4v) is 4.17. The van der Waals surface area contributed by atoms with Crippen LogP contribution in [-0.4, -0.2) is 29.2 Å². The maximum absolute atomic E-state index is 12.6. The van der Waals surface area contributed by atoms with Gasteiger partial charge in [0.05, 0.1) is 7.11 Å². The summed E-state index contributed by atoms with van der Waals surface area (Å²) in [5.41, 5.74) is 1.56. The van der Waals surface area contributed by atoms with Crippen LogP contribution in [0.25, 0.3) is 10.8 Å². The highest BCUT2D eigenvalue weighted by molar-refractivity contribution is 8.16. The Labute approximate surface area is 166 Å². The topological polar surface area (TPSA) is 67.8 Å². The fourth-order valence-electron chi connectivity index (χ4n) is 3.11. The lowest BCUT2D eigenvalue weighted by molar-refractivity contribution is -0.121. The summed E-state index contributed by atoms with van der Waals surface area (Å²) in [7, 11) is 1.59. The molecule has 1 aliphatic rings.